The Bertz CT molecular complexity index is 563. The van der Waals surface area contributed by atoms with E-state index in [0.29, 0.717) is 11.9 Å². The minimum atomic E-state index is -4.41. The molecule has 0 saturated heterocycles. The van der Waals surface area contributed by atoms with Gasteiger partial charge in [-0.2, -0.15) is 11.8 Å². The number of ether oxygens (including phenoxy) is 2. The maximum atomic E-state index is 11.9. The summed E-state index contributed by atoms with van der Waals surface area (Å²) in [5, 5.41) is 0.585. The van der Waals surface area contributed by atoms with Crippen LogP contribution in [0.3, 0.4) is 0 Å². The fraction of sp³-hybridized carbons (Fsp3) is 0.966. The van der Waals surface area contributed by atoms with Crippen LogP contribution in [0.25, 0.3) is 0 Å². The summed E-state index contributed by atoms with van der Waals surface area (Å²) in [5.41, 5.74) is -1.20. The van der Waals surface area contributed by atoms with Crippen LogP contribution in [0.4, 0.5) is 4.79 Å². The topological polar surface area (TPSA) is 82.1 Å². The van der Waals surface area contributed by atoms with Crippen LogP contribution in [-0.4, -0.2) is 47.5 Å². The average molecular weight is 567 g/mol. The van der Waals surface area contributed by atoms with Gasteiger partial charge in [-0.25, -0.2) is 9.36 Å². The number of unbranched alkanes of at least 4 members (excludes halogenated alkanes) is 14. The second-order valence-corrected chi connectivity index (χ2v) is 13.3. The Labute approximate surface area is 233 Å². The van der Waals surface area contributed by atoms with Crippen molar-refractivity contribution in [1.29, 1.82) is 0 Å². The van der Waals surface area contributed by atoms with Gasteiger partial charge in [0.05, 0.1) is 19.3 Å². The van der Waals surface area contributed by atoms with Gasteiger partial charge < -0.3 is 14.4 Å². The fourth-order valence-electron chi connectivity index (χ4n) is 4.22. The molecule has 0 aromatic heterocycles. The number of carbonyl (C=O) groups is 1. The highest BCUT2D eigenvalue weighted by Crippen LogP contribution is 2.44. The summed E-state index contributed by atoms with van der Waals surface area (Å²) < 4.78 is 27.2. The zero-order chi connectivity index (χ0) is 27.6. The Kier molecular flexibility index (Phi) is 26.1. The number of hydrogen-bond acceptors (Lipinski definition) is 6. The third-order valence-electron chi connectivity index (χ3n) is 6.56. The third-order valence-corrected chi connectivity index (χ3v) is 9.11. The number of carbonyl (C=O) groups excluding carboxylic acids is 1. The van der Waals surface area contributed by atoms with Gasteiger partial charge in [0.15, 0.2) is 0 Å². The Morgan fingerprint density at radius 2 is 1.30 bits per heavy atom. The highest BCUT2D eigenvalue weighted by Gasteiger charge is 2.33. The molecule has 6 nitrogen and oxygen atoms in total. The van der Waals surface area contributed by atoms with E-state index < -0.39 is 13.3 Å². The molecule has 0 aliphatic heterocycles. The van der Waals surface area contributed by atoms with Crippen LogP contribution in [0.5, 0.6) is 0 Å². The Hall–Kier alpha value is -0.0700. The van der Waals surface area contributed by atoms with Gasteiger partial charge in [0.2, 0.25) is 0 Å². The first-order valence-corrected chi connectivity index (χ1v) is 17.9. The minimum absolute atomic E-state index is 0.0372. The molecule has 0 aromatic carbocycles. The third kappa shape index (κ3) is 23.5. The molecule has 3 unspecified atom stereocenters. The molecule has 1 N–H and O–H groups in total. The fourth-order valence-corrected chi connectivity index (χ4v) is 6.33. The summed E-state index contributed by atoms with van der Waals surface area (Å²) in [4.78, 5) is 21.2. The standard InChI is InChI=1S/C29H59O6PS/c1-5-8-10-12-13-14-15-16-17-19-21-25-37-28(22-20-18-11-9-6-2)23-24-34-27(4)26-35-36(31,32)29(30)33-7-3/h27-28H,5-26H2,1-4H3,(H,31,32). The van der Waals surface area contributed by atoms with Crippen LogP contribution in [0.15, 0.2) is 0 Å². The number of rotatable bonds is 28. The summed E-state index contributed by atoms with van der Waals surface area (Å²) in [6.07, 6.45) is 23.4. The van der Waals surface area contributed by atoms with Gasteiger partial charge in [-0.15, -0.1) is 0 Å². The number of thioether (sulfide) groups is 1. The molecule has 3 atom stereocenters. The molecule has 0 spiro atoms. The van der Waals surface area contributed by atoms with E-state index >= 15 is 0 Å². The van der Waals surface area contributed by atoms with Gasteiger partial charge in [0, 0.05) is 11.9 Å². The molecular formula is C29H59O6PS. The van der Waals surface area contributed by atoms with Gasteiger partial charge in [-0.3, -0.25) is 4.52 Å². The molecule has 222 valence electrons. The smallest absolute Gasteiger partial charge is 0.435 e. The molecule has 0 rings (SSSR count). The lowest BCUT2D eigenvalue weighted by Crippen LogP contribution is -2.19. The Morgan fingerprint density at radius 1 is 0.784 bits per heavy atom. The Morgan fingerprint density at radius 3 is 1.84 bits per heavy atom. The van der Waals surface area contributed by atoms with Crippen molar-refractivity contribution in [3.8, 4) is 0 Å². The van der Waals surface area contributed by atoms with Crippen molar-refractivity contribution in [2.45, 2.75) is 155 Å². The van der Waals surface area contributed by atoms with Crippen LogP contribution in [-0.2, 0) is 18.6 Å². The SMILES string of the molecule is CCCCCCCCCCCCCSC(CCCCCCC)CCOC(C)COP(=O)(O)C(=O)OCC. The van der Waals surface area contributed by atoms with Gasteiger partial charge in [-0.05, 0) is 38.9 Å². The normalized spacial score (nSPS) is 14.8. The quantitative estimate of drug-likeness (QED) is 0.0745. The maximum absolute atomic E-state index is 11.9. The van der Waals surface area contributed by atoms with E-state index in [1.807, 2.05) is 0 Å². The average Bonchev–Trinajstić information content (AvgIpc) is 2.87. The molecular weight excluding hydrogens is 507 g/mol. The van der Waals surface area contributed by atoms with Gasteiger partial charge in [0.25, 0.3) is 0 Å². The summed E-state index contributed by atoms with van der Waals surface area (Å²) in [6, 6.07) is 0. The second kappa shape index (κ2) is 26.2. The van der Waals surface area contributed by atoms with Crippen LogP contribution in [0.2, 0.25) is 0 Å². The van der Waals surface area contributed by atoms with E-state index in [1.165, 1.54) is 115 Å². The van der Waals surface area contributed by atoms with Crippen LogP contribution >= 0.6 is 19.4 Å². The first-order valence-electron chi connectivity index (χ1n) is 15.2. The molecule has 0 radical (unpaired) electrons. The van der Waals surface area contributed by atoms with Gasteiger partial charge >= 0.3 is 13.3 Å². The van der Waals surface area contributed by atoms with E-state index in [9.17, 15) is 14.3 Å². The van der Waals surface area contributed by atoms with Crippen LogP contribution in [0, 0.1) is 0 Å². The summed E-state index contributed by atoms with van der Waals surface area (Å²) in [7, 11) is -4.41. The molecule has 37 heavy (non-hydrogen) atoms. The maximum Gasteiger partial charge on any atom is 0.435 e. The van der Waals surface area contributed by atoms with Crippen molar-refractivity contribution in [1.82, 2.24) is 0 Å². The second-order valence-electron chi connectivity index (χ2n) is 10.2. The van der Waals surface area contributed by atoms with Crippen LogP contribution < -0.4 is 0 Å². The predicted octanol–water partition coefficient (Wildman–Crippen LogP) is 9.91. The minimum Gasteiger partial charge on any atom is -0.457 e. The lowest BCUT2D eigenvalue weighted by atomic mass is 10.1. The predicted molar refractivity (Wildman–Crippen MR) is 159 cm³/mol. The molecule has 0 aliphatic rings. The molecule has 8 heteroatoms. The van der Waals surface area contributed by atoms with Gasteiger partial charge in [-0.1, -0.05) is 110 Å². The first kappa shape index (κ1) is 36.9. The molecule has 0 amide bonds. The monoisotopic (exact) mass is 566 g/mol. The molecule has 0 saturated carbocycles. The van der Waals surface area contributed by atoms with E-state index in [4.69, 9.17) is 9.26 Å². The van der Waals surface area contributed by atoms with Crippen molar-refractivity contribution < 1.29 is 28.3 Å². The highest BCUT2D eigenvalue weighted by molar-refractivity contribution is 7.99. The lowest BCUT2D eigenvalue weighted by Gasteiger charge is -2.19. The van der Waals surface area contributed by atoms with Crippen LogP contribution in [0.1, 0.15) is 143 Å². The zero-order valence-corrected chi connectivity index (χ0v) is 26.3. The molecule has 0 fully saturated rings. The molecule has 0 aliphatic carbocycles. The van der Waals surface area contributed by atoms with Crippen molar-refractivity contribution in [2.24, 2.45) is 0 Å². The summed E-state index contributed by atoms with van der Waals surface area (Å²) in [5.74, 6) is 1.21. The number of hydrogen-bond donors (Lipinski definition) is 1. The van der Waals surface area contributed by atoms with E-state index in [-0.39, 0.29) is 19.3 Å². The van der Waals surface area contributed by atoms with Gasteiger partial charge in [0.1, 0.15) is 0 Å². The van der Waals surface area contributed by atoms with Crippen molar-refractivity contribution in [3.05, 3.63) is 0 Å². The summed E-state index contributed by atoms with van der Waals surface area (Å²) >= 11 is 2.09. The molecule has 0 aromatic rings. The zero-order valence-electron chi connectivity index (χ0n) is 24.6. The van der Waals surface area contributed by atoms with E-state index in [0.717, 1.165) is 6.42 Å². The van der Waals surface area contributed by atoms with Crippen molar-refractivity contribution in [3.63, 3.8) is 0 Å². The van der Waals surface area contributed by atoms with Crippen molar-refractivity contribution in [2.75, 3.05) is 25.6 Å². The summed E-state index contributed by atoms with van der Waals surface area (Å²) in [6.45, 7) is 8.41. The highest BCUT2D eigenvalue weighted by atomic mass is 32.2. The first-order chi connectivity index (χ1) is 17.9. The van der Waals surface area contributed by atoms with Crippen molar-refractivity contribution >= 4 is 25.1 Å². The van der Waals surface area contributed by atoms with E-state index in [2.05, 4.69) is 30.3 Å². The molecule has 0 heterocycles. The van der Waals surface area contributed by atoms with E-state index in [1.54, 1.807) is 13.8 Å². The largest absolute Gasteiger partial charge is 0.457 e. The molecule has 0 bridgehead atoms. The Balaban J connectivity index is 4.12. The lowest BCUT2D eigenvalue weighted by molar-refractivity contribution is 0.0275.